The molecule has 0 unspecified atom stereocenters. The first kappa shape index (κ1) is 12.7. The quantitative estimate of drug-likeness (QED) is 0.827. The normalized spacial score (nSPS) is 11.0. The van der Waals surface area contributed by atoms with Crippen LogP contribution in [0.5, 0.6) is 0 Å². The molecule has 0 spiro atoms. The van der Waals surface area contributed by atoms with Gasteiger partial charge in [0.05, 0.1) is 0 Å². The highest BCUT2D eigenvalue weighted by Crippen LogP contribution is 2.14. The zero-order chi connectivity index (χ0) is 11.3. The number of hydrogen-bond donors (Lipinski definition) is 1. The third-order valence-corrected chi connectivity index (χ3v) is 2.62. The maximum atomic E-state index is 3.51. The maximum Gasteiger partial charge on any atom is 0.0206 e. The number of rotatable bonds is 5. The smallest absolute Gasteiger partial charge is 0.0206 e. The molecule has 15 heavy (non-hydrogen) atoms. The highest BCUT2D eigenvalue weighted by Gasteiger charge is 1.96. The predicted octanol–water partition coefficient (Wildman–Crippen LogP) is 2.41. The van der Waals surface area contributed by atoms with Crippen LogP contribution >= 0.6 is 15.9 Å². The van der Waals surface area contributed by atoms with Gasteiger partial charge in [-0.3, -0.25) is 0 Å². The van der Waals surface area contributed by atoms with Gasteiger partial charge in [-0.05, 0) is 44.3 Å². The second-order valence-electron chi connectivity index (χ2n) is 4.12. The second kappa shape index (κ2) is 6.26. The zero-order valence-electron chi connectivity index (χ0n) is 9.68. The number of halogens is 1. The number of aryl methyl sites for hydroxylation is 1. The first-order chi connectivity index (χ1) is 7.08. The van der Waals surface area contributed by atoms with Crippen LogP contribution in [0.4, 0.5) is 0 Å². The first-order valence-corrected chi connectivity index (χ1v) is 5.99. The first-order valence-electron chi connectivity index (χ1n) is 5.19. The van der Waals surface area contributed by atoms with Gasteiger partial charge in [-0.1, -0.05) is 22.0 Å². The molecule has 0 atom stereocenters. The van der Waals surface area contributed by atoms with Crippen molar-refractivity contribution in [2.75, 3.05) is 27.2 Å². The second-order valence-corrected chi connectivity index (χ2v) is 5.03. The fourth-order valence-corrected chi connectivity index (χ4v) is 2.10. The molecule has 0 bridgehead atoms. The largest absolute Gasteiger partial charge is 0.311 e. The van der Waals surface area contributed by atoms with E-state index in [0.717, 1.165) is 24.1 Å². The van der Waals surface area contributed by atoms with Gasteiger partial charge in [0, 0.05) is 24.1 Å². The zero-order valence-corrected chi connectivity index (χ0v) is 11.3. The van der Waals surface area contributed by atoms with Gasteiger partial charge in [-0.2, -0.15) is 0 Å². The third-order valence-electron chi connectivity index (χ3n) is 2.17. The Balaban J connectivity index is 2.37. The van der Waals surface area contributed by atoms with Crippen LogP contribution in [0, 0.1) is 6.92 Å². The average Bonchev–Trinajstić information content (AvgIpc) is 2.10. The molecule has 0 aliphatic carbocycles. The van der Waals surface area contributed by atoms with Crippen molar-refractivity contribution in [3.63, 3.8) is 0 Å². The Labute approximate surface area is 101 Å². The number of nitrogens with one attached hydrogen (secondary N) is 1. The number of nitrogens with zero attached hydrogens (tertiary/aromatic N) is 1. The van der Waals surface area contributed by atoms with Crippen LogP contribution in [-0.2, 0) is 6.54 Å². The Hall–Kier alpha value is -0.380. The monoisotopic (exact) mass is 270 g/mol. The Kier molecular flexibility index (Phi) is 5.29. The van der Waals surface area contributed by atoms with Crippen molar-refractivity contribution >= 4 is 15.9 Å². The van der Waals surface area contributed by atoms with E-state index in [2.05, 4.69) is 65.4 Å². The Bertz CT molecular complexity index is 290. The number of hydrogen-bond acceptors (Lipinski definition) is 2. The summed E-state index contributed by atoms with van der Waals surface area (Å²) in [7, 11) is 4.18. The molecule has 1 N–H and O–H groups in total. The lowest BCUT2D eigenvalue weighted by Crippen LogP contribution is -2.26. The van der Waals surface area contributed by atoms with Gasteiger partial charge in [0.1, 0.15) is 0 Å². The summed E-state index contributed by atoms with van der Waals surface area (Å²) in [6, 6.07) is 6.51. The molecule has 0 fully saturated rings. The van der Waals surface area contributed by atoms with E-state index in [-0.39, 0.29) is 0 Å². The molecule has 0 saturated heterocycles. The van der Waals surface area contributed by atoms with Crippen LogP contribution < -0.4 is 5.32 Å². The summed E-state index contributed by atoms with van der Waals surface area (Å²) >= 11 is 3.51. The van der Waals surface area contributed by atoms with E-state index in [1.165, 1.54) is 11.1 Å². The highest BCUT2D eigenvalue weighted by molar-refractivity contribution is 9.10. The van der Waals surface area contributed by atoms with Gasteiger partial charge in [0.25, 0.3) is 0 Å². The van der Waals surface area contributed by atoms with E-state index >= 15 is 0 Å². The molecule has 0 aliphatic heterocycles. The van der Waals surface area contributed by atoms with Gasteiger partial charge >= 0.3 is 0 Å². The molecular weight excluding hydrogens is 252 g/mol. The lowest BCUT2D eigenvalue weighted by Gasteiger charge is -2.10. The van der Waals surface area contributed by atoms with Crippen molar-refractivity contribution in [3.05, 3.63) is 33.8 Å². The summed E-state index contributed by atoms with van der Waals surface area (Å²) in [6.45, 7) is 5.16. The van der Waals surface area contributed by atoms with Gasteiger partial charge in [0.2, 0.25) is 0 Å². The fraction of sp³-hybridized carbons (Fsp3) is 0.500. The summed E-state index contributed by atoms with van der Waals surface area (Å²) in [5.41, 5.74) is 2.63. The fourth-order valence-electron chi connectivity index (χ4n) is 1.45. The molecule has 0 aliphatic rings. The summed E-state index contributed by atoms with van der Waals surface area (Å²) in [4.78, 5) is 2.18. The van der Waals surface area contributed by atoms with E-state index in [9.17, 15) is 0 Å². The molecule has 0 heterocycles. The van der Waals surface area contributed by atoms with Crippen molar-refractivity contribution in [1.82, 2.24) is 10.2 Å². The van der Waals surface area contributed by atoms with Crippen LogP contribution in [0.2, 0.25) is 0 Å². The average molecular weight is 271 g/mol. The van der Waals surface area contributed by atoms with Crippen molar-refractivity contribution in [2.45, 2.75) is 13.5 Å². The van der Waals surface area contributed by atoms with E-state index in [0.29, 0.717) is 0 Å². The van der Waals surface area contributed by atoms with Gasteiger partial charge in [-0.15, -0.1) is 0 Å². The Morgan fingerprint density at radius 2 is 2.00 bits per heavy atom. The Morgan fingerprint density at radius 1 is 1.27 bits per heavy atom. The molecule has 0 aromatic heterocycles. The van der Waals surface area contributed by atoms with Crippen molar-refractivity contribution in [2.24, 2.45) is 0 Å². The van der Waals surface area contributed by atoms with Crippen molar-refractivity contribution in [1.29, 1.82) is 0 Å². The summed E-state index contributed by atoms with van der Waals surface area (Å²) in [6.07, 6.45) is 0. The number of benzene rings is 1. The summed E-state index contributed by atoms with van der Waals surface area (Å²) in [5, 5.41) is 3.42. The molecule has 1 aromatic rings. The van der Waals surface area contributed by atoms with E-state index in [1.807, 2.05) is 0 Å². The minimum absolute atomic E-state index is 0.939. The number of likely N-dealkylation sites (N-methyl/N-ethyl adjacent to an activating group) is 1. The predicted molar refractivity (Wildman–Crippen MR) is 69.1 cm³/mol. The maximum absolute atomic E-state index is 3.51. The lowest BCUT2D eigenvalue weighted by atomic mass is 10.1. The minimum atomic E-state index is 0.939. The molecule has 84 valence electrons. The molecule has 0 radical (unpaired) electrons. The summed E-state index contributed by atoms with van der Waals surface area (Å²) in [5.74, 6) is 0. The van der Waals surface area contributed by atoms with Crippen LogP contribution in [0.3, 0.4) is 0 Å². The molecule has 1 rings (SSSR count). The lowest BCUT2D eigenvalue weighted by molar-refractivity contribution is 0.400. The van der Waals surface area contributed by atoms with Crippen molar-refractivity contribution < 1.29 is 0 Å². The molecule has 1 aromatic carbocycles. The SMILES string of the molecule is Cc1cc(Br)cc(CNCCN(C)C)c1. The molecule has 3 heteroatoms. The standard InChI is InChI=1S/C12H19BrN2/c1-10-6-11(8-12(13)7-10)9-14-4-5-15(2)3/h6-8,14H,4-5,9H2,1-3H3. The minimum Gasteiger partial charge on any atom is -0.311 e. The topological polar surface area (TPSA) is 15.3 Å². The van der Waals surface area contributed by atoms with Crippen LogP contribution in [0.1, 0.15) is 11.1 Å². The molecule has 0 amide bonds. The van der Waals surface area contributed by atoms with E-state index in [4.69, 9.17) is 0 Å². The van der Waals surface area contributed by atoms with Gasteiger partial charge in [-0.25, -0.2) is 0 Å². The van der Waals surface area contributed by atoms with E-state index in [1.54, 1.807) is 0 Å². The van der Waals surface area contributed by atoms with E-state index < -0.39 is 0 Å². The van der Waals surface area contributed by atoms with Gasteiger partial charge in [0.15, 0.2) is 0 Å². The molecule has 0 saturated carbocycles. The van der Waals surface area contributed by atoms with Crippen molar-refractivity contribution in [3.8, 4) is 0 Å². The van der Waals surface area contributed by atoms with Crippen LogP contribution in [0.15, 0.2) is 22.7 Å². The molecular formula is C12H19BrN2. The Morgan fingerprint density at radius 3 is 2.60 bits per heavy atom. The molecule has 2 nitrogen and oxygen atoms in total. The highest BCUT2D eigenvalue weighted by atomic mass is 79.9. The van der Waals surface area contributed by atoms with Crippen LogP contribution in [-0.4, -0.2) is 32.1 Å². The van der Waals surface area contributed by atoms with Gasteiger partial charge < -0.3 is 10.2 Å². The third kappa shape index (κ3) is 5.30. The van der Waals surface area contributed by atoms with Crippen LogP contribution in [0.25, 0.3) is 0 Å². The summed E-state index contributed by atoms with van der Waals surface area (Å²) < 4.78 is 1.16.